The van der Waals surface area contributed by atoms with Crippen LogP contribution in [0.1, 0.15) is 36.1 Å². The second-order valence-electron chi connectivity index (χ2n) is 9.05. The maximum absolute atomic E-state index is 15.3. The summed E-state index contributed by atoms with van der Waals surface area (Å²) in [4.78, 5) is 15.0. The fraction of sp³-hybridized carbons (Fsp3) is 0.310. The van der Waals surface area contributed by atoms with Crippen LogP contribution in [0.15, 0.2) is 60.7 Å². The third kappa shape index (κ3) is 9.02. The molecule has 0 radical (unpaired) electrons. The fourth-order valence-corrected chi connectivity index (χ4v) is 3.88. The van der Waals surface area contributed by atoms with Gasteiger partial charge in [0.2, 0.25) is 0 Å². The standard InChI is InChI=1S/C29H34F2N4O3.ClH/c1-4-37-27(29(36)34-18-19-9-11-20(12-10-19)28(32)33)26-24(30)16-22(17-25(26)31)21-7-5-8-23(15-21)38-14-6-13-35(2)3;/h5,7-12,15-17,27H,4,6,13-14,18H2,1-3H3,(H3,32,33)(H,34,36);1H/t27-;/m0./s1. The largest absolute Gasteiger partial charge is 0.494 e. The van der Waals surface area contributed by atoms with Crippen LogP contribution in [0.2, 0.25) is 0 Å². The molecule has 0 saturated heterocycles. The summed E-state index contributed by atoms with van der Waals surface area (Å²) in [6, 6.07) is 16.2. The summed E-state index contributed by atoms with van der Waals surface area (Å²) < 4.78 is 41.8. The van der Waals surface area contributed by atoms with Crippen molar-refractivity contribution in [2.75, 3.05) is 33.9 Å². The van der Waals surface area contributed by atoms with Gasteiger partial charge in [-0.25, -0.2) is 8.78 Å². The van der Waals surface area contributed by atoms with E-state index in [1.165, 1.54) is 12.1 Å². The van der Waals surface area contributed by atoms with E-state index in [-0.39, 0.29) is 31.4 Å². The van der Waals surface area contributed by atoms with Gasteiger partial charge in [0.1, 0.15) is 23.2 Å². The molecule has 0 aromatic heterocycles. The lowest BCUT2D eigenvalue weighted by molar-refractivity contribution is -0.133. The van der Waals surface area contributed by atoms with E-state index in [1.807, 2.05) is 14.1 Å². The molecule has 0 fully saturated rings. The molecule has 10 heteroatoms. The van der Waals surface area contributed by atoms with Gasteiger partial charge in [0, 0.05) is 25.3 Å². The van der Waals surface area contributed by atoms with E-state index >= 15 is 8.78 Å². The molecule has 1 amide bonds. The maximum atomic E-state index is 15.3. The maximum Gasteiger partial charge on any atom is 0.254 e. The van der Waals surface area contributed by atoms with Gasteiger partial charge in [-0.1, -0.05) is 36.4 Å². The van der Waals surface area contributed by atoms with Crippen LogP contribution in [0.4, 0.5) is 8.78 Å². The summed E-state index contributed by atoms with van der Waals surface area (Å²) in [5, 5.41) is 10.1. The van der Waals surface area contributed by atoms with Crippen LogP contribution < -0.4 is 15.8 Å². The Balaban J connectivity index is 0.00000533. The third-order valence-corrected chi connectivity index (χ3v) is 5.83. The number of hydrogen-bond donors (Lipinski definition) is 3. The molecule has 0 unspecified atom stereocenters. The van der Waals surface area contributed by atoms with Gasteiger partial charge < -0.3 is 25.4 Å². The number of halogens is 3. The number of ether oxygens (including phenoxy) is 2. The van der Waals surface area contributed by atoms with Crippen molar-refractivity contribution in [3.8, 4) is 16.9 Å². The van der Waals surface area contributed by atoms with Gasteiger partial charge in [0.15, 0.2) is 6.10 Å². The Kier molecular flexibility index (Phi) is 12.3. The molecule has 0 aliphatic carbocycles. The molecular formula is C29H35ClF2N4O3. The number of benzene rings is 3. The minimum atomic E-state index is -1.46. The van der Waals surface area contributed by atoms with Crippen LogP contribution in [0.5, 0.6) is 5.75 Å². The number of rotatable bonds is 13. The number of amidine groups is 1. The molecule has 0 bridgehead atoms. The lowest BCUT2D eigenvalue weighted by Crippen LogP contribution is -2.31. The van der Waals surface area contributed by atoms with E-state index in [9.17, 15) is 4.79 Å². The van der Waals surface area contributed by atoms with Crippen LogP contribution in [0.25, 0.3) is 11.1 Å². The predicted molar refractivity (Wildman–Crippen MR) is 151 cm³/mol. The summed E-state index contributed by atoms with van der Waals surface area (Å²) >= 11 is 0. The monoisotopic (exact) mass is 560 g/mol. The Morgan fingerprint density at radius 1 is 1.05 bits per heavy atom. The summed E-state index contributed by atoms with van der Waals surface area (Å²) in [6.07, 6.45) is -0.614. The highest BCUT2D eigenvalue weighted by Crippen LogP contribution is 2.31. The first kappa shape index (κ1) is 31.7. The lowest BCUT2D eigenvalue weighted by atomic mass is 9.99. The average molecular weight is 561 g/mol. The minimum absolute atomic E-state index is 0. The van der Waals surface area contributed by atoms with Gasteiger partial charge in [-0.05, 0) is 68.4 Å². The Hall–Kier alpha value is -3.53. The molecule has 3 rings (SSSR count). The van der Waals surface area contributed by atoms with E-state index in [4.69, 9.17) is 20.6 Å². The zero-order valence-electron chi connectivity index (χ0n) is 22.3. The molecule has 0 spiro atoms. The van der Waals surface area contributed by atoms with Crippen molar-refractivity contribution < 1.29 is 23.0 Å². The van der Waals surface area contributed by atoms with Gasteiger partial charge in [-0.15, -0.1) is 12.4 Å². The van der Waals surface area contributed by atoms with Crippen LogP contribution in [0, 0.1) is 17.0 Å². The predicted octanol–water partition coefficient (Wildman–Crippen LogP) is 5.06. The van der Waals surface area contributed by atoms with Crippen molar-refractivity contribution >= 4 is 24.1 Å². The first-order valence-electron chi connectivity index (χ1n) is 12.4. The third-order valence-electron chi connectivity index (χ3n) is 5.83. The molecule has 7 nitrogen and oxygen atoms in total. The average Bonchev–Trinajstić information content (AvgIpc) is 2.89. The van der Waals surface area contributed by atoms with Gasteiger partial charge in [0.25, 0.3) is 5.91 Å². The molecule has 3 aromatic rings. The lowest BCUT2D eigenvalue weighted by Gasteiger charge is -2.19. The van der Waals surface area contributed by atoms with Gasteiger partial charge >= 0.3 is 0 Å². The van der Waals surface area contributed by atoms with Gasteiger partial charge in [0.05, 0.1) is 12.2 Å². The number of amides is 1. The van der Waals surface area contributed by atoms with Crippen LogP contribution in [0.3, 0.4) is 0 Å². The zero-order chi connectivity index (χ0) is 27.7. The molecule has 3 aromatic carbocycles. The van der Waals surface area contributed by atoms with Crippen molar-refractivity contribution in [3.05, 3.63) is 89.0 Å². The van der Waals surface area contributed by atoms with Crippen LogP contribution >= 0.6 is 12.4 Å². The topological polar surface area (TPSA) is 101 Å². The molecule has 4 N–H and O–H groups in total. The molecule has 0 aliphatic rings. The molecule has 0 heterocycles. The second kappa shape index (κ2) is 15.2. The SMILES string of the molecule is CCO[C@H](C(=O)NCc1ccc(C(=N)N)cc1)c1c(F)cc(-c2cccc(OCCCN(C)C)c2)cc1F.Cl. The number of nitrogens with two attached hydrogens (primary N) is 1. The summed E-state index contributed by atoms with van der Waals surface area (Å²) in [7, 11) is 3.98. The van der Waals surface area contributed by atoms with Crippen molar-refractivity contribution in [3.63, 3.8) is 0 Å². The van der Waals surface area contributed by atoms with Crippen molar-refractivity contribution in [1.82, 2.24) is 10.2 Å². The van der Waals surface area contributed by atoms with Crippen molar-refractivity contribution in [2.24, 2.45) is 5.73 Å². The van der Waals surface area contributed by atoms with Crippen LogP contribution in [-0.4, -0.2) is 50.5 Å². The Morgan fingerprint density at radius 3 is 2.31 bits per heavy atom. The first-order valence-corrected chi connectivity index (χ1v) is 12.4. The molecule has 210 valence electrons. The zero-order valence-corrected chi connectivity index (χ0v) is 23.1. The summed E-state index contributed by atoms with van der Waals surface area (Å²) in [5.41, 5.74) is 7.21. The fourth-order valence-electron chi connectivity index (χ4n) is 3.88. The van der Waals surface area contributed by atoms with E-state index < -0.39 is 29.2 Å². The van der Waals surface area contributed by atoms with Gasteiger partial charge in [-0.2, -0.15) is 0 Å². The molecule has 39 heavy (non-hydrogen) atoms. The van der Waals surface area contributed by atoms with E-state index in [2.05, 4.69) is 10.2 Å². The van der Waals surface area contributed by atoms with Crippen LogP contribution in [-0.2, 0) is 16.1 Å². The number of carbonyl (C=O) groups is 1. The smallest absolute Gasteiger partial charge is 0.254 e. The van der Waals surface area contributed by atoms with Crippen molar-refractivity contribution in [2.45, 2.75) is 26.0 Å². The van der Waals surface area contributed by atoms with E-state index in [1.54, 1.807) is 55.5 Å². The molecule has 1 atom stereocenters. The Bertz CT molecular complexity index is 1230. The second-order valence-corrected chi connectivity index (χ2v) is 9.05. The minimum Gasteiger partial charge on any atom is -0.494 e. The Morgan fingerprint density at radius 2 is 1.72 bits per heavy atom. The van der Waals surface area contributed by atoms with Gasteiger partial charge in [-0.3, -0.25) is 10.2 Å². The number of nitrogen functional groups attached to an aromatic ring is 1. The number of carbonyl (C=O) groups excluding carboxylic acids is 1. The highest BCUT2D eigenvalue weighted by Gasteiger charge is 2.28. The van der Waals surface area contributed by atoms with E-state index in [0.29, 0.717) is 29.0 Å². The molecular weight excluding hydrogens is 526 g/mol. The summed E-state index contributed by atoms with van der Waals surface area (Å²) in [5.74, 6) is -1.88. The number of hydrogen-bond acceptors (Lipinski definition) is 5. The highest BCUT2D eigenvalue weighted by atomic mass is 35.5. The number of nitrogens with one attached hydrogen (secondary N) is 2. The van der Waals surface area contributed by atoms with Crippen molar-refractivity contribution in [1.29, 1.82) is 5.41 Å². The highest BCUT2D eigenvalue weighted by molar-refractivity contribution is 5.94. The number of nitrogens with zero attached hydrogens (tertiary/aromatic N) is 1. The quantitative estimate of drug-likeness (QED) is 0.154. The summed E-state index contributed by atoms with van der Waals surface area (Å²) in [6.45, 7) is 3.26. The van der Waals surface area contributed by atoms with E-state index in [0.717, 1.165) is 18.5 Å². The Labute approximate surface area is 234 Å². The first-order chi connectivity index (χ1) is 18.2. The normalized spacial score (nSPS) is 11.5. The molecule has 0 saturated carbocycles. The molecule has 0 aliphatic heterocycles.